The number of esters is 2. The maximum absolute atomic E-state index is 14.2. The average molecular weight is 598 g/mol. The Morgan fingerprint density at radius 1 is 1.02 bits per heavy atom. The van der Waals surface area contributed by atoms with Gasteiger partial charge in [0.05, 0.1) is 0 Å². The first kappa shape index (κ1) is 32.9. The normalized spacial score (nSPS) is 17.0. The largest absolute Gasteiger partial charge is 0.479 e. The monoisotopic (exact) mass is 597 g/mol. The second-order valence-electron chi connectivity index (χ2n) is 11.2. The number of carbonyl (C=O) groups excluding carboxylic acids is 3. The van der Waals surface area contributed by atoms with E-state index in [4.69, 9.17) is 25.4 Å². The van der Waals surface area contributed by atoms with E-state index in [9.17, 15) is 24.3 Å². The molecule has 0 aliphatic carbocycles. The third-order valence-corrected chi connectivity index (χ3v) is 6.75. The van der Waals surface area contributed by atoms with Crippen molar-refractivity contribution >= 4 is 30.0 Å². The van der Waals surface area contributed by atoms with Crippen LogP contribution in [0.15, 0.2) is 60.7 Å². The molecule has 0 aromatic heterocycles. The molecule has 1 amide bonds. The van der Waals surface area contributed by atoms with Gasteiger partial charge in [0.1, 0.15) is 24.7 Å². The van der Waals surface area contributed by atoms with E-state index in [0.29, 0.717) is 30.5 Å². The fraction of sp³-hybridized carbons (Fsp3) is 0.433. The zero-order valence-electron chi connectivity index (χ0n) is 24.5. The minimum Gasteiger partial charge on any atom is -0.479 e. The van der Waals surface area contributed by atoms with Crippen molar-refractivity contribution in [3.05, 3.63) is 71.8 Å². The van der Waals surface area contributed by atoms with E-state index in [-0.39, 0.29) is 24.8 Å². The molecule has 2 unspecified atom stereocenters. The molecule has 3 rings (SSSR count). The number of carboxylic acid groups (broad SMARTS) is 1. The molecule has 13 heteroatoms. The zero-order valence-corrected chi connectivity index (χ0v) is 24.5. The van der Waals surface area contributed by atoms with Gasteiger partial charge in [-0.1, -0.05) is 60.7 Å². The molecule has 13 nitrogen and oxygen atoms in total. The van der Waals surface area contributed by atoms with Crippen LogP contribution in [0.5, 0.6) is 0 Å². The molecule has 0 radical (unpaired) electrons. The third-order valence-electron chi connectivity index (χ3n) is 6.75. The first-order valence-corrected chi connectivity index (χ1v) is 13.9. The van der Waals surface area contributed by atoms with Gasteiger partial charge in [-0.3, -0.25) is 15.6 Å². The van der Waals surface area contributed by atoms with Crippen LogP contribution in [0, 0.1) is 17.2 Å². The van der Waals surface area contributed by atoms with Crippen LogP contribution >= 0.6 is 0 Å². The molecular formula is C30H39N5O8. The Morgan fingerprint density at radius 3 is 2.05 bits per heavy atom. The summed E-state index contributed by atoms with van der Waals surface area (Å²) >= 11 is 0. The first-order valence-electron chi connectivity index (χ1n) is 13.9. The zero-order chi connectivity index (χ0) is 31.6. The Labute approximate surface area is 250 Å². The second-order valence-corrected chi connectivity index (χ2v) is 11.2. The van der Waals surface area contributed by atoms with Crippen LogP contribution in [-0.4, -0.2) is 64.3 Å². The van der Waals surface area contributed by atoms with Crippen molar-refractivity contribution in [1.29, 1.82) is 5.41 Å². The number of hydrogen-bond acceptors (Lipinski definition) is 9. The summed E-state index contributed by atoms with van der Waals surface area (Å²) in [7, 11) is 0. The molecule has 0 saturated carbocycles. The van der Waals surface area contributed by atoms with Gasteiger partial charge in [-0.25, -0.2) is 14.4 Å². The topological polar surface area (TPSA) is 193 Å². The molecule has 1 saturated heterocycles. The molecule has 3 atom stereocenters. The number of nitrogens with one attached hydrogen (secondary N) is 3. The fourth-order valence-electron chi connectivity index (χ4n) is 4.90. The number of benzene rings is 2. The third kappa shape index (κ3) is 8.44. The van der Waals surface area contributed by atoms with Gasteiger partial charge in [0.25, 0.3) is 5.54 Å². The molecule has 6 N–H and O–H groups in total. The maximum Gasteiger partial charge on any atom is 0.430 e. The molecule has 1 aliphatic rings. The molecule has 43 heavy (non-hydrogen) atoms. The van der Waals surface area contributed by atoms with Gasteiger partial charge in [-0.2, -0.15) is 5.01 Å². The number of carboxylic acids is 1. The summed E-state index contributed by atoms with van der Waals surface area (Å²) < 4.78 is 16.6. The van der Waals surface area contributed by atoms with Crippen LogP contribution in [0.25, 0.3) is 0 Å². The predicted molar refractivity (Wildman–Crippen MR) is 155 cm³/mol. The van der Waals surface area contributed by atoms with Gasteiger partial charge >= 0.3 is 24.0 Å². The summed E-state index contributed by atoms with van der Waals surface area (Å²) in [4.78, 5) is 55.4. The standard InChI is InChI=1S/C30H39N5O8/c1-29(2,3)43-28(40)35(34-27(31)32)30(25(37)38,26(39)42-19-21-13-8-5-9-14-21)23(22-15-10-16-33-17-22)24(36)41-18-20-11-6-4-7-12-20/h4-9,11-14,22-23,33H,10,15-19H2,1-3H3,(H,37,38)(H4,31,32,34)/t22?,23?,30-/m0/s1. The minimum atomic E-state index is -3.11. The summed E-state index contributed by atoms with van der Waals surface area (Å²) in [6.45, 7) is 4.73. The van der Waals surface area contributed by atoms with Crippen molar-refractivity contribution in [3.63, 3.8) is 0 Å². The number of hydrazine groups is 1. The van der Waals surface area contributed by atoms with Gasteiger partial charge in [0, 0.05) is 0 Å². The number of guanidine groups is 1. The number of piperidine rings is 1. The quantitative estimate of drug-likeness (QED) is 0.0675. The lowest BCUT2D eigenvalue weighted by atomic mass is 9.72. The summed E-state index contributed by atoms with van der Waals surface area (Å²) in [5.41, 5.74) is 4.63. The summed E-state index contributed by atoms with van der Waals surface area (Å²) in [5.74, 6) is -7.92. The highest BCUT2D eigenvalue weighted by Crippen LogP contribution is 2.38. The van der Waals surface area contributed by atoms with Gasteiger partial charge in [0.15, 0.2) is 0 Å². The number of aliphatic carboxylic acids is 1. The minimum absolute atomic E-state index is 0.133. The second kappa shape index (κ2) is 14.5. The van der Waals surface area contributed by atoms with Crippen molar-refractivity contribution in [2.75, 3.05) is 13.1 Å². The van der Waals surface area contributed by atoms with E-state index >= 15 is 0 Å². The van der Waals surface area contributed by atoms with Crippen LogP contribution in [0.4, 0.5) is 4.79 Å². The SMILES string of the molecule is CC(C)(C)OC(=O)N(NC(=N)N)[C@@](C(=O)O)(C(=O)OCc1ccccc1)C(C(=O)OCc1ccccc1)C1CCCNC1. The molecule has 1 heterocycles. The summed E-state index contributed by atoms with van der Waals surface area (Å²) in [5, 5.41) is 22.2. The average Bonchev–Trinajstić information content (AvgIpc) is 2.96. The van der Waals surface area contributed by atoms with E-state index in [1.54, 1.807) is 60.7 Å². The van der Waals surface area contributed by atoms with Crippen LogP contribution in [-0.2, 0) is 41.8 Å². The van der Waals surface area contributed by atoms with E-state index in [2.05, 4.69) is 10.7 Å². The van der Waals surface area contributed by atoms with Crippen LogP contribution in [0.3, 0.4) is 0 Å². The van der Waals surface area contributed by atoms with Crippen molar-refractivity contribution in [3.8, 4) is 0 Å². The van der Waals surface area contributed by atoms with Crippen molar-refractivity contribution in [1.82, 2.24) is 15.8 Å². The predicted octanol–water partition coefficient (Wildman–Crippen LogP) is 2.55. The van der Waals surface area contributed by atoms with Crippen LogP contribution < -0.4 is 16.5 Å². The Bertz CT molecular complexity index is 1280. The molecule has 2 aromatic rings. The number of nitrogens with two attached hydrogens (primary N) is 1. The number of ether oxygens (including phenoxy) is 3. The highest BCUT2D eigenvalue weighted by Gasteiger charge is 2.67. The number of amides is 1. The molecular weight excluding hydrogens is 558 g/mol. The van der Waals surface area contributed by atoms with Gasteiger partial charge < -0.3 is 30.4 Å². The van der Waals surface area contributed by atoms with Crippen molar-refractivity contribution < 1.29 is 38.5 Å². The van der Waals surface area contributed by atoms with Gasteiger partial charge in [-0.05, 0) is 63.7 Å². The van der Waals surface area contributed by atoms with Crippen LogP contribution in [0.2, 0.25) is 0 Å². The van der Waals surface area contributed by atoms with E-state index in [1.165, 1.54) is 20.8 Å². The Balaban J connectivity index is 2.20. The van der Waals surface area contributed by atoms with Crippen molar-refractivity contribution in [2.45, 2.75) is 58.0 Å². The molecule has 0 bridgehead atoms. The summed E-state index contributed by atoms with van der Waals surface area (Å²) in [6.07, 6.45) is -0.498. The molecule has 232 valence electrons. The lowest BCUT2D eigenvalue weighted by Gasteiger charge is -2.44. The number of nitrogens with zero attached hydrogens (tertiary/aromatic N) is 1. The van der Waals surface area contributed by atoms with E-state index < -0.39 is 52.9 Å². The number of carbonyl (C=O) groups is 4. The lowest BCUT2D eigenvalue weighted by Crippen LogP contribution is -2.74. The van der Waals surface area contributed by atoms with Crippen LogP contribution in [0.1, 0.15) is 44.7 Å². The van der Waals surface area contributed by atoms with Gasteiger partial charge in [0.2, 0.25) is 5.96 Å². The summed E-state index contributed by atoms with van der Waals surface area (Å²) in [6, 6.07) is 17.2. The first-order chi connectivity index (χ1) is 20.4. The lowest BCUT2D eigenvalue weighted by molar-refractivity contribution is -0.190. The maximum atomic E-state index is 14.2. The molecule has 0 spiro atoms. The Hall–Kier alpha value is -4.65. The van der Waals surface area contributed by atoms with E-state index in [0.717, 1.165) is 0 Å². The highest BCUT2D eigenvalue weighted by molar-refractivity contribution is 6.10. The smallest absolute Gasteiger partial charge is 0.430 e. The molecule has 2 aromatic carbocycles. The highest BCUT2D eigenvalue weighted by atomic mass is 16.6. The Kier molecular flexibility index (Phi) is 11.1. The van der Waals surface area contributed by atoms with Gasteiger partial charge in [-0.15, -0.1) is 0 Å². The fourth-order valence-corrected chi connectivity index (χ4v) is 4.90. The number of hydrogen-bond donors (Lipinski definition) is 5. The van der Waals surface area contributed by atoms with Crippen molar-refractivity contribution in [2.24, 2.45) is 17.6 Å². The van der Waals surface area contributed by atoms with E-state index in [1.807, 2.05) is 0 Å². The number of rotatable bonds is 10. The molecule has 1 fully saturated rings. The molecule has 1 aliphatic heterocycles. The Morgan fingerprint density at radius 2 is 1.58 bits per heavy atom.